The van der Waals surface area contributed by atoms with E-state index >= 15 is 0 Å². The minimum atomic E-state index is -2.32. The molecule has 1 spiro atoms. The number of ether oxygens (including phenoxy) is 6. The number of rotatable bonds is 7. The maximum Gasteiger partial charge on any atom is 0.339 e. The van der Waals surface area contributed by atoms with Crippen molar-refractivity contribution >= 4 is 11.9 Å². The van der Waals surface area contributed by atoms with Crippen LogP contribution in [0.25, 0.3) is 0 Å². The zero-order valence-electron chi connectivity index (χ0n) is 22.2. The molecular weight excluding hydrogens is 498 g/mol. The molecule has 38 heavy (non-hydrogen) atoms. The Morgan fingerprint density at radius 2 is 1.87 bits per heavy atom. The molecule has 4 bridgehead atoms. The Hall–Kier alpha value is -2.44. The van der Waals surface area contributed by atoms with E-state index in [1.165, 1.54) is 28.1 Å². The van der Waals surface area contributed by atoms with Crippen LogP contribution in [0.3, 0.4) is 0 Å². The number of benzene rings is 1. The van der Waals surface area contributed by atoms with Gasteiger partial charge >= 0.3 is 11.9 Å². The first kappa shape index (κ1) is 25.8. The molecule has 0 unspecified atom stereocenters. The average molecular weight is 534 g/mol. The predicted molar refractivity (Wildman–Crippen MR) is 129 cm³/mol. The lowest BCUT2D eigenvalue weighted by molar-refractivity contribution is -0.285. The zero-order valence-corrected chi connectivity index (χ0v) is 22.2. The zero-order chi connectivity index (χ0) is 27.1. The minimum absolute atomic E-state index is 0.129. The summed E-state index contributed by atoms with van der Waals surface area (Å²) in [6, 6.07) is 3.90. The lowest BCUT2D eigenvalue weighted by Gasteiger charge is -2.41. The maximum absolute atomic E-state index is 13.8. The van der Waals surface area contributed by atoms with E-state index in [2.05, 4.69) is 4.90 Å². The van der Waals surface area contributed by atoms with E-state index in [9.17, 15) is 19.8 Å². The molecule has 1 saturated carbocycles. The predicted octanol–water partition coefficient (Wildman–Crippen LogP) is 1.53. The third-order valence-electron chi connectivity index (χ3n) is 8.87. The molecule has 2 saturated heterocycles. The van der Waals surface area contributed by atoms with E-state index in [1.807, 2.05) is 12.1 Å². The maximum atomic E-state index is 13.8. The second-order valence-corrected chi connectivity index (χ2v) is 11.9. The van der Waals surface area contributed by atoms with Crippen molar-refractivity contribution < 1.29 is 48.2 Å². The monoisotopic (exact) mass is 533 g/mol. The van der Waals surface area contributed by atoms with Gasteiger partial charge in [-0.3, -0.25) is 9.69 Å². The number of methoxy groups -OCH3 is 2. The summed E-state index contributed by atoms with van der Waals surface area (Å²) in [4.78, 5) is 28.4. The second kappa shape index (κ2) is 8.53. The van der Waals surface area contributed by atoms with Gasteiger partial charge in [-0.15, -0.1) is 0 Å². The molecule has 1 aromatic carbocycles. The van der Waals surface area contributed by atoms with E-state index in [-0.39, 0.29) is 18.8 Å². The van der Waals surface area contributed by atoms with Crippen LogP contribution in [0.5, 0.6) is 11.5 Å². The average Bonchev–Trinajstić information content (AvgIpc) is 3.47. The van der Waals surface area contributed by atoms with Gasteiger partial charge in [-0.05, 0) is 56.5 Å². The summed E-state index contributed by atoms with van der Waals surface area (Å²) in [5, 5.41) is 21.9. The number of nitrogens with zero attached hydrogens (tertiary/aromatic N) is 1. The van der Waals surface area contributed by atoms with Crippen molar-refractivity contribution in [2.45, 2.75) is 86.6 Å². The molecule has 0 aromatic heterocycles. The van der Waals surface area contributed by atoms with Crippen LogP contribution in [0.1, 0.15) is 69.1 Å². The van der Waals surface area contributed by atoms with Crippen molar-refractivity contribution in [3.8, 4) is 11.5 Å². The van der Waals surface area contributed by atoms with Crippen molar-refractivity contribution in [1.82, 2.24) is 4.90 Å². The number of fused-ring (bicyclic) bond motifs is 1. The van der Waals surface area contributed by atoms with Crippen LogP contribution in [0.2, 0.25) is 0 Å². The largest absolute Gasteiger partial charge is 0.469 e. The first-order valence-electron chi connectivity index (χ1n) is 13.1. The van der Waals surface area contributed by atoms with Crippen LogP contribution >= 0.6 is 0 Å². The van der Waals surface area contributed by atoms with E-state index in [1.54, 1.807) is 0 Å². The molecule has 5 aliphatic heterocycles. The summed E-state index contributed by atoms with van der Waals surface area (Å²) in [6.45, 7) is 4.57. The lowest BCUT2D eigenvalue weighted by atomic mass is 9.78. The number of aliphatic hydroxyl groups is 2. The van der Waals surface area contributed by atoms with Crippen molar-refractivity contribution in [2.75, 3.05) is 34.1 Å². The summed E-state index contributed by atoms with van der Waals surface area (Å²) in [5.74, 6) is -2.20. The normalized spacial score (nSPS) is 34.3. The van der Waals surface area contributed by atoms with E-state index in [4.69, 9.17) is 28.4 Å². The highest BCUT2D eigenvalue weighted by Crippen LogP contribution is 2.65. The van der Waals surface area contributed by atoms with Crippen molar-refractivity contribution in [2.24, 2.45) is 0 Å². The molecule has 0 radical (unpaired) electrons. The fourth-order valence-corrected chi connectivity index (χ4v) is 7.53. The first-order chi connectivity index (χ1) is 17.9. The van der Waals surface area contributed by atoms with Gasteiger partial charge < -0.3 is 38.6 Å². The van der Waals surface area contributed by atoms with Gasteiger partial charge in [0.15, 0.2) is 23.2 Å². The second-order valence-electron chi connectivity index (χ2n) is 11.9. The Labute approximate surface area is 220 Å². The highest BCUT2D eigenvalue weighted by molar-refractivity contribution is 5.86. The molecule has 11 nitrogen and oxygen atoms in total. The third-order valence-corrected chi connectivity index (χ3v) is 8.87. The van der Waals surface area contributed by atoms with Crippen molar-refractivity contribution in [3.63, 3.8) is 0 Å². The van der Waals surface area contributed by atoms with Gasteiger partial charge in [0.2, 0.25) is 12.6 Å². The number of hydrogen-bond donors (Lipinski definition) is 2. The summed E-state index contributed by atoms with van der Waals surface area (Å²) < 4.78 is 35.1. The number of carbonyl (C=O) groups excluding carboxylic acids is 2. The van der Waals surface area contributed by atoms with Crippen LogP contribution in [-0.4, -0.2) is 89.8 Å². The quantitative estimate of drug-likeness (QED) is 0.495. The van der Waals surface area contributed by atoms with Crippen LogP contribution in [0, 0.1) is 0 Å². The Balaban J connectivity index is 1.45. The van der Waals surface area contributed by atoms with Crippen LogP contribution in [0.15, 0.2) is 12.1 Å². The number of hydrogen-bond acceptors (Lipinski definition) is 11. The van der Waals surface area contributed by atoms with Crippen molar-refractivity contribution in [1.29, 1.82) is 0 Å². The Morgan fingerprint density at radius 3 is 2.53 bits per heavy atom. The van der Waals surface area contributed by atoms with Gasteiger partial charge in [-0.1, -0.05) is 0 Å². The molecule has 7 rings (SSSR count). The van der Waals surface area contributed by atoms with Crippen LogP contribution in [0.4, 0.5) is 0 Å². The lowest BCUT2D eigenvalue weighted by Crippen LogP contribution is -2.53. The number of carbonyl (C=O) groups is 2. The Morgan fingerprint density at radius 1 is 1.16 bits per heavy atom. The molecule has 6 aliphatic rings. The summed E-state index contributed by atoms with van der Waals surface area (Å²) in [7, 11) is 2.71. The highest BCUT2D eigenvalue weighted by atomic mass is 16.7. The topological polar surface area (TPSA) is 133 Å². The standard InChI is InChI=1S/C27H35NO10/c1-24(2,31)12-26(32,10-20(29)33-3)23(30)37-22-21-16-9-18-17(35-14-36-18)8-15(16)19-11-28-7-5-6-25(21,28)13-27(22,34-4)38-19/h8-9,19,21-22,31-32H,5-7,10-14H2,1-4H3/t19-,21-,22+,25+,26+,27-/m1/s1. The fourth-order valence-electron chi connectivity index (χ4n) is 7.53. The van der Waals surface area contributed by atoms with Crippen molar-refractivity contribution in [3.05, 3.63) is 23.3 Å². The molecule has 6 atom stereocenters. The van der Waals surface area contributed by atoms with Gasteiger partial charge in [0.25, 0.3) is 0 Å². The van der Waals surface area contributed by atoms with Gasteiger partial charge in [-0.2, -0.15) is 0 Å². The smallest absolute Gasteiger partial charge is 0.339 e. The van der Waals surface area contributed by atoms with Crippen LogP contribution in [-0.2, 0) is 28.5 Å². The molecule has 0 amide bonds. The molecule has 208 valence electrons. The molecule has 1 aliphatic carbocycles. The third kappa shape index (κ3) is 3.74. The van der Waals surface area contributed by atoms with E-state index in [0.29, 0.717) is 24.5 Å². The SMILES string of the molecule is COC(=O)C[C@](O)(CC(C)(C)O)C(=O)O[C@H]1[C@H]2c3cc4c(cc3[C@H]3CN5CCC[C@]25C[C@@]1(OC)O3)OCO4. The van der Waals surface area contributed by atoms with E-state index < -0.39 is 53.4 Å². The Kier molecular flexibility index (Phi) is 5.79. The van der Waals surface area contributed by atoms with Gasteiger partial charge in [-0.25, -0.2) is 4.79 Å². The summed E-state index contributed by atoms with van der Waals surface area (Å²) >= 11 is 0. The van der Waals surface area contributed by atoms with E-state index in [0.717, 1.165) is 30.5 Å². The van der Waals surface area contributed by atoms with Gasteiger partial charge in [0.05, 0.1) is 25.2 Å². The van der Waals surface area contributed by atoms with Crippen LogP contribution < -0.4 is 9.47 Å². The Bertz CT molecular complexity index is 1170. The minimum Gasteiger partial charge on any atom is -0.469 e. The molecule has 2 N–H and O–H groups in total. The first-order valence-corrected chi connectivity index (χ1v) is 13.1. The fraction of sp³-hybridized carbons (Fsp3) is 0.704. The highest BCUT2D eigenvalue weighted by Gasteiger charge is 2.72. The molecule has 3 fully saturated rings. The molecular formula is C27H35NO10. The summed E-state index contributed by atoms with van der Waals surface area (Å²) in [5.41, 5.74) is -2.31. The summed E-state index contributed by atoms with van der Waals surface area (Å²) in [6.07, 6.45) is -0.0777. The molecule has 5 heterocycles. The van der Waals surface area contributed by atoms with Gasteiger partial charge in [0, 0.05) is 38.0 Å². The number of esters is 2. The molecule has 1 aromatic rings. The van der Waals surface area contributed by atoms with Gasteiger partial charge in [0.1, 0.15) is 0 Å². The molecule has 11 heteroatoms.